The van der Waals surface area contributed by atoms with Crippen molar-refractivity contribution in [2.45, 2.75) is 57.5 Å². The highest BCUT2D eigenvalue weighted by Gasteiger charge is 2.31. The van der Waals surface area contributed by atoms with Crippen molar-refractivity contribution in [3.05, 3.63) is 89.6 Å². The summed E-state index contributed by atoms with van der Waals surface area (Å²) in [6.45, 7) is 3.05. The molecule has 1 amide bonds. The number of aromatic nitrogens is 5. The Labute approximate surface area is 211 Å². The van der Waals surface area contributed by atoms with Gasteiger partial charge >= 0.3 is 0 Å². The van der Waals surface area contributed by atoms with Crippen molar-refractivity contribution >= 4 is 5.91 Å². The summed E-state index contributed by atoms with van der Waals surface area (Å²) in [5, 5.41) is 14.0. The average molecular weight is 481 g/mol. The van der Waals surface area contributed by atoms with E-state index in [1.807, 2.05) is 64.3 Å². The lowest BCUT2D eigenvalue weighted by atomic mass is 9.96. The van der Waals surface area contributed by atoms with Gasteiger partial charge in [0.2, 0.25) is 0 Å². The quantitative estimate of drug-likeness (QED) is 0.406. The van der Waals surface area contributed by atoms with Gasteiger partial charge in [0.1, 0.15) is 17.3 Å². The maximum Gasteiger partial charge on any atom is 0.257 e. The Morgan fingerprint density at radius 2 is 1.69 bits per heavy atom. The molecule has 0 bridgehead atoms. The van der Waals surface area contributed by atoms with E-state index in [-0.39, 0.29) is 11.8 Å². The van der Waals surface area contributed by atoms with Crippen LogP contribution in [0.2, 0.25) is 0 Å². The Morgan fingerprint density at radius 1 is 0.889 bits per heavy atom. The zero-order valence-corrected chi connectivity index (χ0v) is 20.6. The molecule has 2 aliphatic heterocycles. The van der Waals surface area contributed by atoms with Crippen LogP contribution in [0.1, 0.15) is 65.6 Å². The molecule has 4 heterocycles. The summed E-state index contributed by atoms with van der Waals surface area (Å²) in [5.74, 6) is 2.45. The van der Waals surface area contributed by atoms with Gasteiger partial charge in [-0.1, -0.05) is 67.1 Å². The maximum atomic E-state index is 13.9. The number of hydrogen-bond donors (Lipinski definition) is 0. The highest BCUT2D eigenvalue weighted by atomic mass is 16.2. The van der Waals surface area contributed by atoms with Crippen molar-refractivity contribution in [2.24, 2.45) is 0 Å². The molecule has 7 heteroatoms. The van der Waals surface area contributed by atoms with Crippen LogP contribution < -0.4 is 0 Å². The number of carbonyl (C=O) groups is 1. The molecule has 7 nitrogen and oxygen atoms in total. The fourth-order valence-electron chi connectivity index (χ4n) is 5.59. The van der Waals surface area contributed by atoms with E-state index in [0.29, 0.717) is 18.7 Å². The lowest BCUT2D eigenvalue weighted by Gasteiger charge is -2.32. The van der Waals surface area contributed by atoms with Crippen molar-refractivity contribution in [1.82, 2.24) is 29.4 Å². The van der Waals surface area contributed by atoms with Crippen LogP contribution in [0.5, 0.6) is 0 Å². The van der Waals surface area contributed by atoms with Crippen molar-refractivity contribution in [3.63, 3.8) is 0 Å². The first-order valence-electron chi connectivity index (χ1n) is 13.1. The summed E-state index contributed by atoms with van der Waals surface area (Å²) in [6.07, 6.45) is 8.54. The first-order chi connectivity index (χ1) is 17.8. The molecular weight excluding hydrogens is 448 g/mol. The van der Waals surface area contributed by atoms with Gasteiger partial charge in [-0.3, -0.25) is 9.48 Å². The Bertz CT molecular complexity index is 1330. The second-order valence-corrected chi connectivity index (χ2v) is 9.97. The number of nitrogens with zero attached hydrogens (tertiary/aromatic N) is 6. The number of amides is 1. The van der Waals surface area contributed by atoms with Crippen LogP contribution in [-0.2, 0) is 19.5 Å². The van der Waals surface area contributed by atoms with E-state index in [4.69, 9.17) is 5.10 Å². The monoisotopic (exact) mass is 480 g/mol. The van der Waals surface area contributed by atoms with Gasteiger partial charge in [-0.15, -0.1) is 10.2 Å². The summed E-state index contributed by atoms with van der Waals surface area (Å²) in [7, 11) is 0. The van der Waals surface area contributed by atoms with E-state index in [1.165, 1.54) is 19.3 Å². The Morgan fingerprint density at radius 3 is 2.53 bits per heavy atom. The van der Waals surface area contributed by atoms with E-state index in [2.05, 4.69) is 26.9 Å². The van der Waals surface area contributed by atoms with Gasteiger partial charge in [0.25, 0.3) is 5.91 Å². The molecule has 1 atom stereocenters. The lowest BCUT2D eigenvalue weighted by molar-refractivity contribution is 0.0703. The number of fused-ring (bicyclic) bond motifs is 1. The smallest absolute Gasteiger partial charge is 0.257 e. The molecule has 1 unspecified atom stereocenters. The second-order valence-electron chi connectivity index (χ2n) is 9.97. The number of likely N-dealkylation sites (tertiary alicyclic amines) is 1. The van der Waals surface area contributed by atoms with E-state index in [1.54, 1.807) is 0 Å². The molecule has 0 spiro atoms. The molecule has 0 aliphatic carbocycles. The number of carbonyl (C=O) groups excluding carboxylic acids is 1. The predicted octanol–water partition coefficient (Wildman–Crippen LogP) is 4.94. The van der Waals surface area contributed by atoms with Gasteiger partial charge in [0.15, 0.2) is 0 Å². The first kappa shape index (κ1) is 22.7. The summed E-state index contributed by atoms with van der Waals surface area (Å²) in [5.41, 5.74) is 3.53. The number of hydrogen-bond acceptors (Lipinski definition) is 4. The fourth-order valence-corrected chi connectivity index (χ4v) is 5.59. The van der Waals surface area contributed by atoms with Gasteiger partial charge < -0.3 is 9.47 Å². The van der Waals surface area contributed by atoms with Crippen molar-refractivity contribution in [3.8, 4) is 11.3 Å². The summed E-state index contributed by atoms with van der Waals surface area (Å²) >= 11 is 0. The van der Waals surface area contributed by atoms with Crippen LogP contribution in [0.15, 0.2) is 66.9 Å². The zero-order chi connectivity index (χ0) is 24.3. The van der Waals surface area contributed by atoms with Gasteiger partial charge in [-0.2, -0.15) is 5.10 Å². The summed E-state index contributed by atoms with van der Waals surface area (Å²) < 4.78 is 4.23. The molecule has 184 valence electrons. The SMILES string of the molecule is O=C(c1cn(Cc2ccccc2)nc1-c1ccccc1)N1CCCC(c2nnc3n2CCCCC3)C1. The van der Waals surface area contributed by atoms with E-state index in [9.17, 15) is 4.79 Å². The lowest BCUT2D eigenvalue weighted by Crippen LogP contribution is -2.40. The third kappa shape index (κ3) is 4.57. The van der Waals surface area contributed by atoms with Crippen LogP contribution in [0.3, 0.4) is 0 Å². The molecule has 6 rings (SSSR count). The number of rotatable bonds is 5. The van der Waals surface area contributed by atoms with Crippen molar-refractivity contribution in [1.29, 1.82) is 0 Å². The first-order valence-corrected chi connectivity index (χ1v) is 13.1. The minimum atomic E-state index is 0.0495. The van der Waals surface area contributed by atoms with E-state index < -0.39 is 0 Å². The molecule has 2 aromatic carbocycles. The van der Waals surface area contributed by atoms with Crippen LogP contribution in [0.25, 0.3) is 11.3 Å². The van der Waals surface area contributed by atoms with Gasteiger partial charge in [0.05, 0.1) is 12.1 Å². The van der Waals surface area contributed by atoms with E-state index in [0.717, 1.165) is 60.8 Å². The standard InChI is InChI=1S/C29H32N6O/c36-29(33-17-10-15-24(20-33)28-31-30-26-16-8-3-9-18-35(26)28)25-21-34(19-22-11-4-1-5-12-22)32-27(25)23-13-6-2-7-14-23/h1-2,4-7,11-14,21,24H,3,8-10,15-20H2. The topological polar surface area (TPSA) is 68.8 Å². The molecule has 2 aliphatic rings. The molecule has 1 saturated heterocycles. The Kier molecular flexibility index (Phi) is 6.36. The zero-order valence-electron chi connectivity index (χ0n) is 20.6. The third-order valence-electron chi connectivity index (χ3n) is 7.44. The average Bonchev–Trinajstić information content (AvgIpc) is 3.46. The van der Waals surface area contributed by atoms with Gasteiger partial charge in [-0.05, 0) is 31.2 Å². The molecule has 0 saturated carbocycles. The highest BCUT2D eigenvalue weighted by molar-refractivity contribution is 5.99. The summed E-state index contributed by atoms with van der Waals surface area (Å²) in [6, 6.07) is 20.3. The Hall–Kier alpha value is -3.74. The second kappa shape index (κ2) is 10.1. The molecular formula is C29H32N6O. The van der Waals surface area contributed by atoms with Crippen LogP contribution >= 0.6 is 0 Å². The largest absolute Gasteiger partial charge is 0.338 e. The number of piperidine rings is 1. The predicted molar refractivity (Wildman–Crippen MR) is 139 cm³/mol. The van der Waals surface area contributed by atoms with Crippen LogP contribution in [0.4, 0.5) is 0 Å². The fraction of sp³-hybridized carbons (Fsp3) is 0.379. The minimum absolute atomic E-state index is 0.0495. The molecule has 4 aromatic rings. The van der Waals surface area contributed by atoms with Gasteiger partial charge in [0, 0.05) is 43.7 Å². The molecule has 0 N–H and O–H groups in total. The Balaban J connectivity index is 1.28. The van der Waals surface area contributed by atoms with Crippen molar-refractivity contribution in [2.75, 3.05) is 13.1 Å². The highest BCUT2D eigenvalue weighted by Crippen LogP contribution is 2.30. The number of aryl methyl sites for hydroxylation is 1. The van der Waals surface area contributed by atoms with Gasteiger partial charge in [-0.25, -0.2) is 0 Å². The van der Waals surface area contributed by atoms with Crippen molar-refractivity contribution < 1.29 is 4.79 Å². The molecule has 1 fully saturated rings. The molecule has 2 aromatic heterocycles. The van der Waals surface area contributed by atoms with Crippen LogP contribution in [0, 0.1) is 0 Å². The van der Waals surface area contributed by atoms with Crippen LogP contribution in [-0.4, -0.2) is 48.4 Å². The number of benzene rings is 2. The molecule has 0 radical (unpaired) electrons. The maximum absolute atomic E-state index is 13.9. The summed E-state index contributed by atoms with van der Waals surface area (Å²) in [4.78, 5) is 16.0. The molecule has 36 heavy (non-hydrogen) atoms. The minimum Gasteiger partial charge on any atom is -0.338 e. The normalized spacial score (nSPS) is 18.0. The van der Waals surface area contributed by atoms with E-state index >= 15 is 0 Å². The third-order valence-corrected chi connectivity index (χ3v) is 7.44.